The van der Waals surface area contributed by atoms with Gasteiger partial charge in [-0.1, -0.05) is 26.0 Å². The fraction of sp³-hybridized carbons (Fsp3) is 0.480. The van der Waals surface area contributed by atoms with E-state index in [0.29, 0.717) is 5.56 Å². The topological polar surface area (TPSA) is 63.1 Å². The van der Waals surface area contributed by atoms with Crippen LogP contribution in [0.4, 0.5) is 5.69 Å². The molecule has 31 heavy (non-hydrogen) atoms. The Morgan fingerprint density at radius 1 is 1.16 bits per heavy atom. The van der Waals surface area contributed by atoms with Crippen molar-refractivity contribution < 1.29 is 4.79 Å². The third kappa shape index (κ3) is 5.13. The molecule has 3 rings (SSSR count). The number of pyridine rings is 1. The number of benzene rings is 1. The smallest absolute Gasteiger partial charge is 0.256 e. The minimum absolute atomic E-state index is 0.132. The van der Waals surface area contributed by atoms with Crippen molar-refractivity contribution in [1.29, 1.82) is 0 Å². The van der Waals surface area contributed by atoms with E-state index in [-0.39, 0.29) is 17.4 Å². The summed E-state index contributed by atoms with van der Waals surface area (Å²) >= 11 is 0. The van der Waals surface area contributed by atoms with Crippen molar-refractivity contribution >= 4 is 22.6 Å². The van der Waals surface area contributed by atoms with Crippen molar-refractivity contribution in [3.05, 3.63) is 52.8 Å². The van der Waals surface area contributed by atoms with E-state index in [1.165, 1.54) is 5.56 Å². The number of anilines is 1. The Bertz CT molecular complexity index is 1070. The molecule has 1 amide bonds. The van der Waals surface area contributed by atoms with Crippen LogP contribution >= 0.6 is 0 Å². The van der Waals surface area contributed by atoms with E-state index in [2.05, 4.69) is 71.1 Å². The third-order valence-electron chi connectivity index (χ3n) is 5.36. The van der Waals surface area contributed by atoms with Gasteiger partial charge in [-0.2, -0.15) is 5.10 Å². The summed E-state index contributed by atoms with van der Waals surface area (Å²) in [6, 6.07) is 10.00. The van der Waals surface area contributed by atoms with E-state index in [1.807, 2.05) is 29.8 Å². The molecule has 6 nitrogen and oxygen atoms in total. The van der Waals surface area contributed by atoms with Gasteiger partial charge in [0.2, 0.25) is 0 Å². The van der Waals surface area contributed by atoms with Crippen LogP contribution in [-0.4, -0.2) is 46.2 Å². The molecule has 1 aromatic carbocycles. The molecule has 0 aliphatic heterocycles. The predicted octanol–water partition coefficient (Wildman–Crippen LogP) is 4.97. The molecule has 2 heterocycles. The quantitative estimate of drug-likeness (QED) is 0.610. The summed E-state index contributed by atoms with van der Waals surface area (Å²) in [5, 5.41) is 8.62. The monoisotopic (exact) mass is 421 g/mol. The molecule has 0 unspecified atom stereocenters. The van der Waals surface area contributed by atoms with Crippen LogP contribution in [0, 0.1) is 6.92 Å². The zero-order valence-corrected chi connectivity index (χ0v) is 20.1. The number of aromatic nitrogens is 3. The van der Waals surface area contributed by atoms with Gasteiger partial charge in [-0.3, -0.25) is 4.79 Å². The lowest BCUT2D eigenvalue weighted by Gasteiger charge is -2.20. The van der Waals surface area contributed by atoms with Crippen molar-refractivity contribution in [3.8, 4) is 0 Å². The predicted molar refractivity (Wildman–Crippen MR) is 128 cm³/mol. The van der Waals surface area contributed by atoms with Crippen LogP contribution in [0.5, 0.6) is 0 Å². The zero-order chi connectivity index (χ0) is 22.9. The second kappa shape index (κ2) is 8.79. The Morgan fingerprint density at radius 3 is 2.35 bits per heavy atom. The summed E-state index contributed by atoms with van der Waals surface area (Å²) < 4.78 is 1.93. The summed E-state index contributed by atoms with van der Waals surface area (Å²) in [5.41, 5.74) is 4.90. The number of amides is 1. The number of nitrogens with one attached hydrogen (secondary N) is 1. The van der Waals surface area contributed by atoms with E-state index in [4.69, 9.17) is 10.1 Å². The Balaban J connectivity index is 1.97. The maximum absolute atomic E-state index is 13.3. The van der Waals surface area contributed by atoms with Gasteiger partial charge in [0.1, 0.15) is 0 Å². The summed E-state index contributed by atoms with van der Waals surface area (Å²) in [7, 11) is 4.14. The Hall–Kier alpha value is -2.73. The zero-order valence-electron chi connectivity index (χ0n) is 20.1. The summed E-state index contributed by atoms with van der Waals surface area (Å²) in [6.45, 7) is 13.4. The molecule has 166 valence electrons. The summed E-state index contributed by atoms with van der Waals surface area (Å²) in [6.07, 6.45) is 0.981. The van der Waals surface area contributed by atoms with Gasteiger partial charge in [-0.15, -0.1) is 0 Å². The molecule has 3 aromatic rings. The number of fused-ring (bicyclic) bond motifs is 1. The first-order chi connectivity index (χ1) is 14.5. The van der Waals surface area contributed by atoms with Gasteiger partial charge >= 0.3 is 0 Å². The van der Waals surface area contributed by atoms with Gasteiger partial charge in [0.25, 0.3) is 5.91 Å². The van der Waals surface area contributed by atoms with Crippen LogP contribution in [0.2, 0.25) is 0 Å². The number of aryl methyl sites for hydroxylation is 1. The molecule has 0 saturated heterocycles. The number of carbonyl (C=O) groups is 1. The van der Waals surface area contributed by atoms with Crippen LogP contribution in [0.1, 0.15) is 67.8 Å². The second-order valence-corrected chi connectivity index (χ2v) is 9.82. The first-order valence-electron chi connectivity index (χ1n) is 10.9. The van der Waals surface area contributed by atoms with E-state index < -0.39 is 0 Å². The van der Waals surface area contributed by atoms with Gasteiger partial charge in [-0.05, 0) is 77.9 Å². The highest BCUT2D eigenvalue weighted by Crippen LogP contribution is 2.29. The van der Waals surface area contributed by atoms with Crippen LogP contribution in [0.3, 0.4) is 0 Å². The molecule has 0 aliphatic carbocycles. The number of rotatable bonds is 6. The number of hydrogen-bond donors (Lipinski definition) is 1. The van der Waals surface area contributed by atoms with Gasteiger partial charge in [0.05, 0.1) is 22.2 Å². The number of likely N-dealkylation sites (N-methyl/N-ethyl adjacent to an activating group) is 1. The van der Waals surface area contributed by atoms with Crippen LogP contribution in [0.15, 0.2) is 30.3 Å². The standard InChI is InChI=1S/C25H35N5O/c1-16(2)21-15-20(22-17(3)28-30(23(22)27-21)25(4,5)6)24(31)26-19-11-9-18(10-12-19)13-14-29(7)8/h9-12,15-16H,13-14H2,1-8H3,(H,26,31). The normalized spacial score (nSPS) is 12.2. The molecule has 0 spiro atoms. The molecule has 0 bridgehead atoms. The van der Waals surface area contributed by atoms with E-state index in [9.17, 15) is 4.79 Å². The summed E-state index contributed by atoms with van der Waals surface area (Å²) in [5.74, 6) is 0.0717. The van der Waals surface area contributed by atoms with E-state index in [1.54, 1.807) is 0 Å². The average Bonchev–Trinajstić information content (AvgIpc) is 3.03. The highest BCUT2D eigenvalue weighted by Gasteiger charge is 2.25. The Labute approximate surface area is 185 Å². The van der Waals surface area contributed by atoms with Crippen LogP contribution in [-0.2, 0) is 12.0 Å². The average molecular weight is 422 g/mol. The van der Waals surface area contributed by atoms with E-state index >= 15 is 0 Å². The van der Waals surface area contributed by atoms with Crippen molar-refractivity contribution in [1.82, 2.24) is 19.7 Å². The fourth-order valence-electron chi connectivity index (χ4n) is 3.56. The molecule has 2 aromatic heterocycles. The highest BCUT2D eigenvalue weighted by atomic mass is 16.1. The first-order valence-corrected chi connectivity index (χ1v) is 10.9. The number of hydrogen-bond acceptors (Lipinski definition) is 4. The minimum atomic E-state index is -0.231. The van der Waals surface area contributed by atoms with Crippen molar-refractivity contribution in [2.45, 2.75) is 59.4 Å². The van der Waals surface area contributed by atoms with Crippen molar-refractivity contribution in [2.24, 2.45) is 0 Å². The van der Waals surface area contributed by atoms with Gasteiger partial charge < -0.3 is 10.2 Å². The lowest BCUT2D eigenvalue weighted by atomic mass is 10.0. The molecular weight excluding hydrogens is 386 g/mol. The van der Waals surface area contributed by atoms with Crippen molar-refractivity contribution in [3.63, 3.8) is 0 Å². The molecule has 0 saturated carbocycles. The Morgan fingerprint density at radius 2 is 1.81 bits per heavy atom. The minimum Gasteiger partial charge on any atom is -0.322 e. The number of carbonyl (C=O) groups excluding carboxylic acids is 1. The first kappa shape index (κ1) is 22.9. The maximum atomic E-state index is 13.3. The summed E-state index contributed by atoms with van der Waals surface area (Å²) in [4.78, 5) is 20.4. The van der Waals surface area contributed by atoms with Crippen molar-refractivity contribution in [2.75, 3.05) is 26.0 Å². The SMILES string of the molecule is Cc1nn(C(C)(C)C)c2nc(C(C)C)cc(C(=O)Nc3ccc(CCN(C)C)cc3)c12. The largest absolute Gasteiger partial charge is 0.322 e. The maximum Gasteiger partial charge on any atom is 0.256 e. The molecule has 6 heteroatoms. The lowest BCUT2D eigenvalue weighted by Crippen LogP contribution is -2.24. The lowest BCUT2D eigenvalue weighted by molar-refractivity contribution is 0.102. The molecule has 0 atom stereocenters. The third-order valence-corrected chi connectivity index (χ3v) is 5.36. The number of nitrogens with zero attached hydrogens (tertiary/aromatic N) is 4. The molecular formula is C25H35N5O. The van der Waals surface area contributed by atoms with Gasteiger partial charge in [0, 0.05) is 17.9 Å². The molecule has 0 radical (unpaired) electrons. The molecule has 1 N–H and O–H groups in total. The second-order valence-electron chi connectivity index (χ2n) is 9.82. The van der Waals surface area contributed by atoms with Gasteiger partial charge in [0.15, 0.2) is 5.65 Å². The van der Waals surface area contributed by atoms with Gasteiger partial charge in [-0.25, -0.2) is 9.67 Å². The van der Waals surface area contributed by atoms with E-state index in [0.717, 1.165) is 41.1 Å². The Kier molecular flexibility index (Phi) is 6.51. The highest BCUT2D eigenvalue weighted by molar-refractivity contribution is 6.12. The van der Waals surface area contributed by atoms with Crippen LogP contribution in [0.25, 0.3) is 11.0 Å². The molecule has 0 fully saturated rings. The molecule has 0 aliphatic rings. The van der Waals surface area contributed by atoms with Crippen LogP contribution < -0.4 is 5.32 Å². The fourth-order valence-corrected chi connectivity index (χ4v) is 3.56.